The molecule has 3 aromatic rings. The van der Waals surface area contributed by atoms with Crippen molar-refractivity contribution >= 4 is 11.9 Å². The third-order valence-corrected chi connectivity index (χ3v) is 5.03. The maximum Gasteiger partial charge on any atom is 0.318 e. The number of esters is 1. The zero-order valence-electron chi connectivity index (χ0n) is 18.2. The molecule has 6 nitrogen and oxygen atoms in total. The Bertz CT molecular complexity index is 981. The number of carbonyl (C=O) groups excluding carboxylic acids is 2. The fourth-order valence-electron chi connectivity index (χ4n) is 3.41. The summed E-state index contributed by atoms with van der Waals surface area (Å²) in [5, 5.41) is 2.78. The van der Waals surface area contributed by atoms with Crippen LogP contribution in [0, 0.1) is 0 Å². The summed E-state index contributed by atoms with van der Waals surface area (Å²) in [5.74, 6) is -0.107. The van der Waals surface area contributed by atoms with Gasteiger partial charge in [-0.3, -0.25) is 9.59 Å². The first-order valence-electron chi connectivity index (χ1n) is 10.4. The third-order valence-electron chi connectivity index (χ3n) is 5.03. The molecule has 0 fully saturated rings. The van der Waals surface area contributed by atoms with Crippen molar-refractivity contribution in [1.29, 1.82) is 0 Å². The van der Waals surface area contributed by atoms with Gasteiger partial charge in [-0.15, -0.1) is 0 Å². The van der Waals surface area contributed by atoms with E-state index in [1.807, 2.05) is 78.9 Å². The van der Waals surface area contributed by atoms with Crippen molar-refractivity contribution in [2.24, 2.45) is 0 Å². The first kappa shape index (κ1) is 22.9. The van der Waals surface area contributed by atoms with Crippen molar-refractivity contribution in [3.63, 3.8) is 0 Å². The Morgan fingerprint density at radius 3 is 1.97 bits per heavy atom. The maximum atomic E-state index is 12.8. The molecule has 0 atom stereocenters. The van der Waals surface area contributed by atoms with E-state index in [-0.39, 0.29) is 12.5 Å². The number of methoxy groups -OCH3 is 2. The van der Waals surface area contributed by atoms with Crippen LogP contribution in [0.25, 0.3) is 0 Å². The van der Waals surface area contributed by atoms with Crippen LogP contribution in [0.15, 0.2) is 78.9 Å². The van der Waals surface area contributed by atoms with Crippen molar-refractivity contribution in [3.8, 4) is 11.5 Å². The molecule has 166 valence electrons. The summed E-state index contributed by atoms with van der Waals surface area (Å²) in [7, 11) is 3.16. The van der Waals surface area contributed by atoms with Crippen LogP contribution in [-0.4, -0.2) is 39.2 Å². The molecule has 0 spiro atoms. The number of ether oxygens (including phenoxy) is 3. The highest BCUT2D eigenvalue weighted by atomic mass is 16.5. The molecule has 3 aromatic carbocycles. The Kier molecular flexibility index (Phi) is 8.26. The smallest absolute Gasteiger partial charge is 0.318 e. The van der Waals surface area contributed by atoms with Gasteiger partial charge < -0.3 is 19.5 Å². The predicted molar refractivity (Wildman–Crippen MR) is 122 cm³/mol. The Morgan fingerprint density at radius 2 is 1.41 bits per heavy atom. The highest BCUT2D eigenvalue weighted by Crippen LogP contribution is 2.28. The van der Waals surface area contributed by atoms with Gasteiger partial charge in [0.15, 0.2) is 18.1 Å². The fourth-order valence-corrected chi connectivity index (χ4v) is 3.41. The van der Waals surface area contributed by atoms with Crippen LogP contribution in [0.1, 0.15) is 22.6 Å². The first-order valence-corrected chi connectivity index (χ1v) is 10.4. The monoisotopic (exact) mass is 433 g/mol. The van der Waals surface area contributed by atoms with Gasteiger partial charge in [0.05, 0.1) is 14.2 Å². The molecule has 6 heteroatoms. The third kappa shape index (κ3) is 6.11. The fraction of sp³-hybridized carbons (Fsp3) is 0.231. The molecule has 0 saturated carbocycles. The average Bonchev–Trinajstić information content (AvgIpc) is 2.84. The van der Waals surface area contributed by atoms with E-state index in [2.05, 4.69) is 5.32 Å². The molecular weight excluding hydrogens is 406 g/mol. The topological polar surface area (TPSA) is 73.9 Å². The zero-order valence-corrected chi connectivity index (χ0v) is 18.2. The molecule has 32 heavy (non-hydrogen) atoms. The number of amides is 1. The molecule has 0 aliphatic carbocycles. The minimum Gasteiger partial charge on any atom is -0.493 e. The molecule has 0 aliphatic rings. The van der Waals surface area contributed by atoms with Gasteiger partial charge in [0.1, 0.15) is 5.92 Å². The highest BCUT2D eigenvalue weighted by molar-refractivity contribution is 5.85. The van der Waals surface area contributed by atoms with Crippen LogP contribution in [-0.2, 0) is 20.7 Å². The van der Waals surface area contributed by atoms with Crippen LogP contribution in [0.2, 0.25) is 0 Å². The van der Waals surface area contributed by atoms with Gasteiger partial charge in [-0.05, 0) is 35.2 Å². The van der Waals surface area contributed by atoms with Crippen LogP contribution in [0.3, 0.4) is 0 Å². The molecule has 0 radical (unpaired) electrons. The summed E-state index contributed by atoms with van der Waals surface area (Å²) in [6.45, 7) is 0.0770. The number of carbonyl (C=O) groups is 2. The van der Waals surface area contributed by atoms with Crippen molar-refractivity contribution in [2.45, 2.75) is 12.3 Å². The number of benzene rings is 3. The van der Waals surface area contributed by atoms with E-state index in [1.165, 1.54) is 0 Å². The quantitative estimate of drug-likeness (QED) is 0.493. The van der Waals surface area contributed by atoms with E-state index in [0.29, 0.717) is 24.5 Å². The molecule has 0 aromatic heterocycles. The molecule has 0 saturated heterocycles. The van der Waals surface area contributed by atoms with Gasteiger partial charge in [0.25, 0.3) is 5.91 Å². The molecule has 1 amide bonds. The van der Waals surface area contributed by atoms with Crippen LogP contribution < -0.4 is 14.8 Å². The summed E-state index contributed by atoms with van der Waals surface area (Å²) in [4.78, 5) is 25.1. The maximum absolute atomic E-state index is 12.8. The van der Waals surface area contributed by atoms with E-state index < -0.39 is 11.9 Å². The lowest BCUT2D eigenvalue weighted by Crippen LogP contribution is -2.31. The molecule has 0 unspecified atom stereocenters. The average molecular weight is 434 g/mol. The van der Waals surface area contributed by atoms with Gasteiger partial charge in [-0.2, -0.15) is 0 Å². The Hall–Kier alpha value is -3.80. The molecular formula is C26H27NO5. The predicted octanol–water partition coefficient (Wildman–Crippen LogP) is 3.74. The second-order valence-corrected chi connectivity index (χ2v) is 7.15. The number of nitrogens with one attached hydrogen (secondary N) is 1. The number of rotatable bonds is 10. The molecule has 0 aliphatic heterocycles. The van der Waals surface area contributed by atoms with Crippen molar-refractivity contribution < 1.29 is 23.8 Å². The lowest BCUT2D eigenvalue weighted by atomic mass is 9.91. The summed E-state index contributed by atoms with van der Waals surface area (Å²) >= 11 is 0. The van der Waals surface area contributed by atoms with Crippen LogP contribution in [0.4, 0.5) is 0 Å². The summed E-state index contributed by atoms with van der Waals surface area (Å²) < 4.78 is 15.9. The van der Waals surface area contributed by atoms with E-state index in [9.17, 15) is 9.59 Å². The molecule has 0 heterocycles. The van der Waals surface area contributed by atoms with Gasteiger partial charge in [0.2, 0.25) is 0 Å². The Labute approximate surface area is 188 Å². The van der Waals surface area contributed by atoms with E-state index >= 15 is 0 Å². The lowest BCUT2D eigenvalue weighted by Gasteiger charge is -2.17. The summed E-state index contributed by atoms with van der Waals surface area (Å²) in [6, 6.07) is 24.4. The summed E-state index contributed by atoms with van der Waals surface area (Å²) in [5.41, 5.74) is 2.63. The van der Waals surface area contributed by atoms with E-state index in [0.717, 1.165) is 16.7 Å². The van der Waals surface area contributed by atoms with Gasteiger partial charge in [-0.25, -0.2) is 0 Å². The SMILES string of the molecule is COc1ccc(CCNC(=O)COC(=O)C(c2ccccc2)c2ccccc2)cc1OC. The minimum absolute atomic E-state index is 0.332. The highest BCUT2D eigenvalue weighted by Gasteiger charge is 2.24. The van der Waals surface area contributed by atoms with E-state index in [1.54, 1.807) is 14.2 Å². The normalized spacial score (nSPS) is 10.5. The summed E-state index contributed by atoms with van der Waals surface area (Å²) in [6.07, 6.45) is 0.608. The van der Waals surface area contributed by atoms with Gasteiger partial charge in [0, 0.05) is 6.54 Å². The van der Waals surface area contributed by atoms with Crippen molar-refractivity contribution in [2.75, 3.05) is 27.4 Å². The Morgan fingerprint density at radius 1 is 0.812 bits per heavy atom. The number of hydrogen-bond acceptors (Lipinski definition) is 5. The second kappa shape index (κ2) is 11.6. The minimum atomic E-state index is -0.586. The van der Waals surface area contributed by atoms with Crippen LogP contribution in [0.5, 0.6) is 11.5 Å². The molecule has 1 N–H and O–H groups in total. The van der Waals surface area contributed by atoms with Crippen molar-refractivity contribution in [3.05, 3.63) is 95.6 Å². The zero-order chi connectivity index (χ0) is 22.8. The number of hydrogen-bond donors (Lipinski definition) is 1. The Balaban J connectivity index is 1.53. The van der Waals surface area contributed by atoms with E-state index in [4.69, 9.17) is 14.2 Å². The molecule has 3 rings (SSSR count). The lowest BCUT2D eigenvalue weighted by molar-refractivity contribution is -0.149. The standard InChI is InChI=1S/C26H27NO5/c1-30-22-14-13-19(17-23(22)31-2)15-16-27-24(28)18-32-26(29)25(20-9-5-3-6-10-20)21-11-7-4-8-12-21/h3-14,17,25H,15-16,18H2,1-2H3,(H,27,28). The van der Waals surface area contributed by atoms with Crippen LogP contribution >= 0.6 is 0 Å². The van der Waals surface area contributed by atoms with Gasteiger partial charge >= 0.3 is 5.97 Å². The van der Waals surface area contributed by atoms with Gasteiger partial charge in [-0.1, -0.05) is 66.7 Å². The van der Waals surface area contributed by atoms with Crippen molar-refractivity contribution in [1.82, 2.24) is 5.32 Å². The second-order valence-electron chi connectivity index (χ2n) is 7.15. The molecule has 0 bridgehead atoms. The largest absolute Gasteiger partial charge is 0.493 e. The first-order chi connectivity index (χ1) is 15.6.